The summed E-state index contributed by atoms with van der Waals surface area (Å²) in [6.45, 7) is 10.6. The highest BCUT2D eigenvalue weighted by molar-refractivity contribution is 6.74. The van der Waals surface area contributed by atoms with Crippen LogP contribution in [0, 0.1) is 17.8 Å². The molecule has 1 fully saturated rings. The van der Waals surface area contributed by atoms with Crippen molar-refractivity contribution in [1.29, 1.82) is 0 Å². The number of esters is 1. The highest BCUT2D eigenvalue weighted by Crippen LogP contribution is 2.49. The van der Waals surface area contributed by atoms with Crippen LogP contribution in [0.5, 0.6) is 0 Å². The zero-order valence-electron chi connectivity index (χ0n) is 15.3. The van der Waals surface area contributed by atoms with Crippen LogP contribution in [-0.4, -0.2) is 38.8 Å². The van der Waals surface area contributed by atoms with Gasteiger partial charge in [-0.15, -0.1) is 0 Å². The van der Waals surface area contributed by atoms with E-state index in [2.05, 4.69) is 33.9 Å². The smallest absolute Gasteiger partial charge is 0.334 e. The standard InChI is InChI=1S/C17H28O6Si/c1-17(2,3)24(5,6)23-16-13-10(12(9-22-16)14(18)19)7-8-11(13)15(20)21-4/h9-11,13,16H,7-8H2,1-6H3,(H,18,19). The van der Waals surface area contributed by atoms with Gasteiger partial charge in [-0.05, 0) is 31.0 Å². The van der Waals surface area contributed by atoms with Gasteiger partial charge in [-0.1, -0.05) is 20.8 Å². The highest BCUT2D eigenvalue weighted by atomic mass is 28.4. The number of carboxylic acid groups (broad SMARTS) is 1. The van der Waals surface area contributed by atoms with Crippen LogP contribution in [0.25, 0.3) is 0 Å². The second kappa shape index (κ2) is 6.52. The average Bonchev–Trinajstić information content (AvgIpc) is 2.90. The SMILES string of the molecule is COC(=O)C1CCC2C(C(=O)O)=COC(O[Si](C)(C)C(C)(C)C)C12. The molecule has 6 nitrogen and oxygen atoms in total. The second-order valence-corrected chi connectivity index (χ2v) is 12.9. The van der Waals surface area contributed by atoms with Gasteiger partial charge in [0.2, 0.25) is 0 Å². The van der Waals surface area contributed by atoms with Gasteiger partial charge in [-0.3, -0.25) is 4.79 Å². The Morgan fingerprint density at radius 2 is 1.92 bits per heavy atom. The summed E-state index contributed by atoms with van der Waals surface area (Å²) in [6, 6.07) is 0. The summed E-state index contributed by atoms with van der Waals surface area (Å²) in [4.78, 5) is 23.7. The molecule has 0 aromatic heterocycles. The number of ether oxygens (including phenoxy) is 2. The minimum Gasteiger partial charge on any atom is -0.478 e. The molecule has 1 aliphatic carbocycles. The Bertz CT molecular complexity index is 548. The Morgan fingerprint density at radius 1 is 1.29 bits per heavy atom. The fourth-order valence-electron chi connectivity index (χ4n) is 3.29. The molecule has 1 N–H and O–H groups in total. The van der Waals surface area contributed by atoms with Crippen LogP contribution in [-0.2, 0) is 23.5 Å². The van der Waals surface area contributed by atoms with Crippen LogP contribution in [0.2, 0.25) is 18.1 Å². The Morgan fingerprint density at radius 3 is 2.42 bits per heavy atom. The van der Waals surface area contributed by atoms with Crippen molar-refractivity contribution in [2.24, 2.45) is 17.8 Å². The monoisotopic (exact) mass is 356 g/mol. The van der Waals surface area contributed by atoms with Crippen molar-refractivity contribution < 1.29 is 28.6 Å². The largest absolute Gasteiger partial charge is 0.478 e. The molecular weight excluding hydrogens is 328 g/mol. The molecule has 0 aromatic carbocycles. The maximum absolute atomic E-state index is 12.2. The van der Waals surface area contributed by atoms with Gasteiger partial charge in [-0.25, -0.2) is 4.79 Å². The summed E-state index contributed by atoms with van der Waals surface area (Å²) in [5, 5.41) is 9.41. The number of hydrogen-bond acceptors (Lipinski definition) is 5. The number of hydrogen-bond donors (Lipinski definition) is 1. The normalized spacial score (nSPS) is 30.2. The molecule has 0 saturated heterocycles. The van der Waals surface area contributed by atoms with E-state index in [-0.39, 0.29) is 28.4 Å². The number of carbonyl (C=O) groups excluding carboxylic acids is 1. The predicted molar refractivity (Wildman–Crippen MR) is 90.6 cm³/mol. The van der Waals surface area contributed by atoms with Gasteiger partial charge in [0.25, 0.3) is 0 Å². The van der Waals surface area contributed by atoms with Crippen LogP contribution >= 0.6 is 0 Å². The maximum Gasteiger partial charge on any atom is 0.334 e. The molecule has 0 radical (unpaired) electrons. The quantitative estimate of drug-likeness (QED) is 0.615. The van der Waals surface area contributed by atoms with Crippen molar-refractivity contribution >= 4 is 20.3 Å². The first kappa shape index (κ1) is 19.0. The predicted octanol–water partition coefficient (Wildman–Crippen LogP) is 3.15. The lowest BCUT2D eigenvalue weighted by Crippen LogP contribution is -2.50. The van der Waals surface area contributed by atoms with Gasteiger partial charge < -0.3 is 19.0 Å². The molecular formula is C17H28O6Si. The van der Waals surface area contributed by atoms with Gasteiger partial charge in [-0.2, -0.15) is 0 Å². The third-order valence-electron chi connectivity index (χ3n) is 5.73. The Labute approximate surface area is 144 Å². The molecule has 0 aromatic rings. The van der Waals surface area contributed by atoms with Crippen molar-refractivity contribution in [3.63, 3.8) is 0 Å². The molecule has 4 atom stereocenters. The van der Waals surface area contributed by atoms with E-state index in [0.29, 0.717) is 12.8 Å². The minimum atomic E-state index is -2.13. The Balaban J connectivity index is 2.34. The summed E-state index contributed by atoms with van der Waals surface area (Å²) in [6.07, 6.45) is 1.92. The summed E-state index contributed by atoms with van der Waals surface area (Å²) in [5.41, 5.74) is 0.224. The van der Waals surface area contributed by atoms with Gasteiger partial charge >= 0.3 is 11.9 Å². The lowest BCUT2D eigenvalue weighted by molar-refractivity contribution is -0.159. The van der Waals surface area contributed by atoms with E-state index in [4.69, 9.17) is 13.9 Å². The van der Waals surface area contributed by atoms with Crippen LogP contribution in [0.1, 0.15) is 33.6 Å². The molecule has 1 saturated carbocycles. The number of methoxy groups -OCH3 is 1. The molecule has 2 aliphatic rings. The van der Waals surface area contributed by atoms with E-state index in [9.17, 15) is 14.7 Å². The van der Waals surface area contributed by atoms with Crippen LogP contribution in [0.3, 0.4) is 0 Å². The first-order chi connectivity index (χ1) is 11.0. The van der Waals surface area contributed by atoms with Gasteiger partial charge in [0.05, 0.1) is 24.9 Å². The Hall–Kier alpha value is -1.34. The fraction of sp³-hybridized carbons (Fsp3) is 0.765. The first-order valence-corrected chi connectivity index (χ1v) is 11.2. The fourth-order valence-corrected chi connectivity index (χ4v) is 4.44. The maximum atomic E-state index is 12.2. The zero-order chi connectivity index (χ0) is 18.3. The molecule has 4 unspecified atom stereocenters. The number of aliphatic carboxylic acids is 1. The summed E-state index contributed by atoms with van der Waals surface area (Å²) >= 11 is 0. The van der Waals surface area contributed by atoms with Gasteiger partial charge in [0, 0.05) is 11.8 Å². The summed E-state index contributed by atoms with van der Waals surface area (Å²) < 4.78 is 17.0. The lowest BCUT2D eigenvalue weighted by atomic mass is 9.83. The van der Waals surface area contributed by atoms with E-state index >= 15 is 0 Å². The van der Waals surface area contributed by atoms with Crippen LogP contribution in [0.4, 0.5) is 0 Å². The van der Waals surface area contributed by atoms with Gasteiger partial charge in [0.15, 0.2) is 14.6 Å². The van der Waals surface area contributed by atoms with Crippen molar-refractivity contribution in [1.82, 2.24) is 0 Å². The molecule has 0 bridgehead atoms. The zero-order valence-corrected chi connectivity index (χ0v) is 16.3. The second-order valence-electron chi connectivity index (χ2n) is 8.15. The molecule has 7 heteroatoms. The molecule has 1 heterocycles. The van der Waals surface area contributed by atoms with E-state index < -0.39 is 26.5 Å². The molecule has 1 aliphatic heterocycles. The molecule has 136 valence electrons. The third kappa shape index (κ3) is 3.37. The summed E-state index contributed by atoms with van der Waals surface area (Å²) in [5.74, 6) is -2.27. The van der Waals surface area contributed by atoms with Gasteiger partial charge in [0.1, 0.15) is 0 Å². The summed E-state index contributed by atoms with van der Waals surface area (Å²) in [7, 11) is -0.772. The van der Waals surface area contributed by atoms with Crippen LogP contribution in [0.15, 0.2) is 11.8 Å². The van der Waals surface area contributed by atoms with Crippen molar-refractivity contribution in [3.8, 4) is 0 Å². The van der Waals surface area contributed by atoms with E-state index in [0.717, 1.165) is 0 Å². The van der Waals surface area contributed by atoms with Crippen LogP contribution < -0.4 is 0 Å². The number of fused-ring (bicyclic) bond motifs is 1. The van der Waals surface area contributed by atoms with E-state index in [1.807, 2.05) is 0 Å². The lowest BCUT2D eigenvalue weighted by Gasteiger charge is -2.43. The van der Waals surface area contributed by atoms with E-state index in [1.54, 1.807) is 0 Å². The van der Waals surface area contributed by atoms with E-state index in [1.165, 1.54) is 13.4 Å². The molecule has 0 amide bonds. The number of carboxylic acids is 1. The minimum absolute atomic E-state index is 0.0119. The van der Waals surface area contributed by atoms with Crippen molar-refractivity contribution in [3.05, 3.63) is 11.8 Å². The first-order valence-electron chi connectivity index (χ1n) is 8.34. The highest BCUT2D eigenvalue weighted by Gasteiger charge is 2.53. The van der Waals surface area contributed by atoms with Crippen molar-refractivity contribution in [2.75, 3.05) is 7.11 Å². The average molecular weight is 356 g/mol. The molecule has 24 heavy (non-hydrogen) atoms. The third-order valence-corrected chi connectivity index (χ3v) is 10.2. The molecule has 0 spiro atoms. The Kier molecular flexibility index (Phi) is 5.16. The number of carbonyl (C=O) groups is 2. The number of rotatable bonds is 4. The van der Waals surface area contributed by atoms with Crippen molar-refractivity contribution in [2.45, 2.75) is 58.0 Å². The topological polar surface area (TPSA) is 82.1 Å². The molecule has 2 rings (SSSR count).